The van der Waals surface area contributed by atoms with Crippen molar-refractivity contribution in [2.45, 2.75) is 45.4 Å². The smallest absolute Gasteiger partial charge is 0.315 e. The molecule has 1 aromatic heterocycles. The molecule has 0 aromatic carbocycles. The highest BCUT2D eigenvalue weighted by atomic mass is 16.2. The zero-order valence-electron chi connectivity index (χ0n) is 13.8. The third kappa shape index (κ3) is 3.40. The molecular formula is C15H22N6O3. The van der Waals surface area contributed by atoms with Crippen LogP contribution in [0.15, 0.2) is 6.07 Å². The molecule has 0 saturated carbocycles. The van der Waals surface area contributed by atoms with Crippen LogP contribution in [0.3, 0.4) is 0 Å². The lowest BCUT2D eigenvalue weighted by atomic mass is 10.2. The van der Waals surface area contributed by atoms with Crippen molar-refractivity contribution in [1.29, 1.82) is 0 Å². The second kappa shape index (κ2) is 6.60. The van der Waals surface area contributed by atoms with Gasteiger partial charge in [-0.2, -0.15) is 5.10 Å². The molecule has 9 heteroatoms. The second-order valence-corrected chi connectivity index (χ2v) is 6.31. The summed E-state index contributed by atoms with van der Waals surface area (Å²) in [5.41, 5.74) is 0.674. The molecule has 3 amide bonds. The number of likely N-dealkylation sites (tertiary alicyclic amines) is 1. The molecule has 2 saturated heterocycles. The highest BCUT2D eigenvalue weighted by Crippen LogP contribution is 2.17. The summed E-state index contributed by atoms with van der Waals surface area (Å²) in [5, 5.41) is 12.9. The molecule has 2 aliphatic heterocycles. The summed E-state index contributed by atoms with van der Waals surface area (Å²) >= 11 is 0. The lowest BCUT2D eigenvalue weighted by Crippen LogP contribution is -2.52. The van der Waals surface area contributed by atoms with E-state index in [1.807, 2.05) is 6.92 Å². The Bertz CT molecular complexity index is 664. The highest BCUT2D eigenvalue weighted by Gasteiger charge is 2.29. The Kier molecular flexibility index (Phi) is 4.52. The standard InChI is InChI=1S/C15H22N6O3/c1-9-8-12(22)18-15(16-9)21-11(7-10(2)19-21)17-13(23)14(24)20-5-3-4-6-20/h7,9,15-16H,3-6,8H2,1-2H3,(H,17,23)(H,18,22). The number of carbonyl (C=O) groups excluding carboxylic acids is 3. The molecule has 130 valence electrons. The van der Waals surface area contributed by atoms with Gasteiger partial charge < -0.3 is 15.5 Å². The fourth-order valence-electron chi connectivity index (χ4n) is 3.03. The van der Waals surface area contributed by atoms with Gasteiger partial charge in [-0.25, -0.2) is 4.68 Å². The Morgan fingerprint density at radius 2 is 2.04 bits per heavy atom. The quantitative estimate of drug-likeness (QED) is 0.644. The normalized spacial score (nSPS) is 23.9. The van der Waals surface area contributed by atoms with E-state index >= 15 is 0 Å². The number of anilines is 1. The largest absolute Gasteiger partial charge is 0.334 e. The number of aryl methyl sites for hydroxylation is 1. The van der Waals surface area contributed by atoms with E-state index in [-0.39, 0.29) is 11.9 Å². The van der Waals surface area contributed by atoms with Crippen LogP contribution in [0, 0.1) is 6.92 Å². The van der Waals surface area contributed by atoms with E-state index in [0.717, 1.165) is 12.8 Å². The average Bonchev–Trinajstić information content (AvgIpc) is 3.15. The van der Waals surface area contributed by atoms with Crippen LogP contribution in [-0.2, 0) is 14.4 Å². The fourth-order valence-corrected chi connectivity index (χ4v) is 3.03. The third-order valence-corrected chi connectivity index (χ3v) is 4.16. The molecule has 0 aliphatic carbocycles. The SMILES string of the molecule is Cc1cc(NC(=O)C(=O)N2CCCC2)n(C2NC(=O)CC(C)N2)n1. The minimum absolute atomic E-state index is 0.0111. The van der Waals surface area contributed by atoms with Crippen molar-refractivity contribution >= 4 is 23.5 Å². The number of hydrogen-bond acceptors (Lipinski definition) is 5. The van der Waals surface area contributed by atoms with Gasteiger partial charge in [-0.15, -0.1) is 0 Å². The van der Waals surface area contributed by atoms with E-state index in [2.05, 4.69) is 21.0 Å². The molecular weight excluding hydrogens is 312 g/mol. The summed E-state index contributed by atoms with van der Waals surface area (Å²) in [6.45, 7) is 4.91. The highest BCUT2D eigenvalue weighted by molar-refractivity contribution is 6.39. The summed E-state index contributed by atoms with van der Waals surface area (Å²) in [6, 6.07) is 1.66. The summed E-state index contributed by atoms with van der Waals surface area (Å²) in [6.07, 6.45) is 1.66. The fraction of sp³-hybridized carbons (Fsp3) is 0.600. The van der Waals surface area contributed by atoms with Crippen LogP contribution in [0.5, 0.6) is 0 Å². The summed E-state index contributed by atoms with van der Waals surface area (Å²) in [4.78, 5) is 37.7. The van der Waals surface area contributed by atoms with Crippen LogP contribution in [0.2, 0.25) is 0 Å². The minimum atomic E-state index is -0.687. The number of carbonyl (C=O) groups is 3. The number of nitrogens with zero attached hydrogens (tertiary/aromatic N) is 3. The monoisotopic (exact) mass is 334 g/mol. The molecule has 3 heterocycles. The van der Waals surface area contributed by atoms with Crippen molar-refractivity contribution in [1.82, 2.24) is 25.3 Å². The summed E-state index contributed by atoms with van der Waals surface area (Å²) in [5.74, 6) is -0.943. The second-order valence-electron chi connectivity index (χ2n) is 6.31. The van der Waals surface area contributed by atoms with E-state index in [0.29, 0.717) is 31.0 Å². The van der Waals surface area contributed by atoms with Crippen molar-refractivity contribution in [3.63, 3.8) is 0 Å². The number of amides is 3. The maximum atomic E-state index is 12.2. The average molecular weight is 334 g/mol. The Labute approximate surface area is 139 Å². The molecule has 2 fully saturated rings. The van der Waals surface area contributed by atoms with Gasteiger partial charge in [0.1, 0.15) is 5.82 Å². The van der Waals surface area contributed by atoms with Gasteiger partial charge in [0.15, 0.2) is 6.29 Å². The number of rotatable bonds is 2. The van der Waals surface area contributed by atoms with Crippen molar-refractivity contribution in [3.8, 4) is 0 Å². The number of nitrogens with one attached hydrogen (secondary N) is 3. The Morgan fingerprint density at radius 1 is 1.33 bits per heavy atom. The van der Waals surface area contributed by atoms with Crippen LogP contribution < -0.4 is 16.0 Å². The molecule has 0 radical (unpaired) electrons. The van der Waals surface area contributed by atoms with E-state index in [4.69, 9.17) is 0 Å². The lowest BCUT2D eigenvalue weighted by molar-refractivity contribution is -0.142. The molecule has 1 aromatic rings. The predicted octanol–water partition coefficient (Wildman–Crippen LogP) is -0.293. The van der Waals surface area contributed by atoms with E-state index in [1.54, 1.807) is 17.9 Å². The van der Waals surface area contributed by atoms with Crippen LogP contribution in [0.25, 0.3) is 0 Å². The topological polar surface area (TPSA) is 108 Å². The number of aromatic nitrogens is 2. The number of hydrogen-bond donors (Lipinski definition) is 3. The molecule has 2 unspecified atom stereocenters. The zero-order chi connectivity index (χ0) is 17.3. The van der Waals surface area contributed by atoms with Gasteiger partial charge in [0.2, 0.25) is 5.91 Å². The van der Waals surface area contributed by atoms with Crippen LogP contribution in [0.4, 0.5) is 5.82 Å². The molecule has 0 bridgehead atoms. The van der Waals surface area contributed by atoms with Crippen molar-refractivity contribution in [2.75, 3.05) is 18.4 Å². The maximum Gasteiger partial charge on any atom is 0.315 e. The van der Waals surface area contributed by atoms with Gasteiger partial charge >= 0.3 is 11.8 Å². The molecule has 9 nitrogen and oxygen atoms in total. The van der Waals surface area contributed by atoms with Crippen LogP contribution in [0.1, 0.15) is 38.2 Å². The van der Waals surface area contributed by atoms with Gasteiger partial charge in [-0.05, 0) is 26.7 Å². The van der Waals surface area contributed by atoms with E-state index in [9.17, 15) is 14.4 Å². The summed E-state index contributed by atoms with van der Waals surface area (Å²) in [7, 11) is 0. The minimum Gasteiger partial charge on any atom is -0.334 e. The molecule has 3 rings (SSSR count). The first-order valence-electron chi connectivity index (χ1n) is 8.16. The van der Waals surface area contributed by atoms with Crippen molar-refractivity contribution < 1.29 is 14.4 Å². The Hall–Kier alpha value is -2.42. The first kappa shape index (κ1) is 16.4. The van der Waals surface area contributed by atoms with Crippen LogP contribution in [-0.4, -0.2) is 51.5 Å². The zero-order valence-corrected chi connectivity index (χ0v) is 13.8. The first-order chi connectivity index (χ1) is 11.4. The van der Waals surface area contributed by atoms with Gasteiger partial charge in [0.05, 0.1) is 5.69 Å². The Balaban J connectivity index is 1.75. The van der Waals surface area contributed by atoms with Gasteiger partial charge in [-0.1, -0.05) is 0 Å². The third-order valence-electron chi connectivity index (χ3n) is 4.16. The van der Waals surface area contributed by atoms with Gasteiger partial charge in [0, 0.05) is 31.6 Å². The lowest BCUT2D eigenvalue weighted by Gasteiger charge is -2.30. The van der Waals surface area contributed by atoms with Gasteiger partial charge in [-0.3, -0.25) is 19.7 Å². The van der Waals surface area contributed by atoms with Crippen molar-refractivity contribution in [3.05, 3.63) is 11.8 Å². The molecule has 2 atom stereocenters. The van der Waals surface area contributed by atoms with Crippen LogP contribution >= 0.6 is 0 Å². The van der Waals surface area contributed by atoms with Crippen molar-refractivity contribution in [2.24, 2.45) is 0 Å². The molecule has 0 spiro atoms. The van der Waals surface area contributed by atoms with Gasteiger partial charge in [0.25, 0.3) is 0 Å². The first-order valence-corrected chi connectivity index (χ1v) is 8.16. The molecule has 2 aliphatic rings. The van der Waals surface area contributed by atoms with E-state index < -0.39 is 18.1 Å². The maximum absolute atomic E-state index is 12.2. The van der Waals surface area contributed by atoms with E-state index in [1.165, 1.54) is 4.68 Å². The Morgan fingerprint density at radius 3 is 2.71 bits per heavy atom. The molecule has 3 N–H and O–H groups in total. The molecule has 24 heavy (non-hydrogen) atoms. The summed E-state index contributed by atoms with van der Waals surface area (Å²) < 4.78 is 1.48. The predicted molar refractivity (Wildman–Crippen MR) is 85.8 cm³/mol.